The minimum Gasteiger partial charge on any atom is -0.312 e. The summed E-state index contributed by atoms with van der Waals surface area (Å²) in [5.41, 5.74) is 0. The van der Waals surface area contributed by atoms with Crippen molar-refractivity contribution in [2.24, 2.45) is 11.8 Å². The van der Waals surface area contributed by atoms with E-state index in [-0.39, 0.29) is 0 Å². The number of nitrogens with one attached hydrogen (secondary N) is 1. The van der Waals surface area contributed by atoms with E-state index in [4.69, 9.17) is 0 Å². The van der Waals surface area contributed by atoms with E-state index in [1.807, 2.05) is 0 Å². The maximum atomic E-state index is 3.69. The highest BCUT2D eigenvalue weighted by Crippen LogP contribution is 2.15. The summed E-state index contributed by atoms with van der Waals surface area (Å²) in [6.45, 7) is 15.4. The molecule has 0 aliphatic carbocycles. The van der Waals surface area contributed by atoms with Gasteiger partial charge >= 0.3 is 0 Å². The SMILES string of the molecule is CC(C)CCN1CC(C(C)C)NCCC1C. The molecule has 16 heavy (non-hydrogen) atoms. The topological polar surface area (TPSA) is 15.3 Å². The highest BCUT2D eigenvalue weighted by atomic mass is 15.2. The number of rotatable bonds is 4. The summed E-state index contributed by atoms with van der Waals surface area (Å²) >= 11 is 0. The molecule has 2 heteroatoms. The molecule has 0 aromatic heterocycles. The van der Waals surface area contributed by atoms with Crippen LogP contribution in [0.4, 0.5) is 0 Å². The zero-order valence-corrected chi connectivity index (χ0v) is 11.8. The number of nitrogens with zero attached hydrogens (tertiary/aromatic N) is 1. The molecular formula is C14H30N2. The third-order valence-electron chi connectivity index (χ3n) is 3.82. The fourth-order valence-corrected chi connectivity index (χ4v) is 2.34. The third-order valence-corrected chi connectivity index (χ3v) is 3.82. The van der Waals surface area contributed by atoms with Crippen LogP contribution in [0.3, 0.4) is 0 Å². The van der Waals surface area contributed by atoms with Crippen LogP contribution in [0.5, 0.6) is 0 Å². The van der Waals surface area contributed by atoms with Crippen molar-refractivity contribution < 1.29 is 0 Å². The van der Waals surface area contributed by atoms with Gasteiger partial charge in [-0.15, -0.1) is 0 Å². The summed E-state index contributed by atoms with van der Waals surface area (Å²) in [6, 6.07) is 1.42. The van der Waals surface area contributed by atoms with Crippen molar-refractivity contribution in [3.8, 4) is 0 Å². The average molecular weight is 226 g/mol. The highest BCUT2D eigenvalue weighted by molar-refractivity contribution is 4.82. The van der Waals surface area contributed by atoms with E-state index in [0.717, 1.165) is 17.9 Å². The fraction of sp³-hybridized carbons (Fsp3) is 1.00. The van der Waals surface area contributed by atoms with Crippen LogP contribution in [0.2, 0.25) is 0 Å². The molecule has 0 spiro atoms. The Kier molecular flexibility index (Phi) is 5.77. The van der Waals surface area contributed by atoms with Gasteiger partial charge in [-0.1, -0.05) is 27.7 Å². The number of hydrogen-bond donors (Lipinski definition) is 1. The largest absolute Gasteiger partial charge is 0.312 e. The second kappa shape index (κ2) is 6.61. The van der Waals surface area contributed by atoms with Crippen molar-refractivity contribution in [3.05, 3.63) is 0 Å². The van der Waals surface area contributed by atoms with Crippen molar-refractivity contribution in [1.82, 2.24) is 10.2 Å². The van der Waals surface area contributed by atoms with E-state index in [1.165, 1.54) is 32.5 Å². The summed E-state index contributed by atoms with van der Waals surface area (Å²) in [7, 11) is 0. The van der Waals surface area contributed by atoms with Crippen LogP contribution in [0, 0.1) is 11.8 Å². The van der Waals surface area contributed by atoms with Crippen molar-refractivity contribution in [2.75, 3.05) is 19.6 Å². The first-order valence-corrected chi connectivity index (χ1v) is 6.98. The van der Waals surface area contributed by atoms with E-state index in [1.54, 1.807) is 0 Å². The van der Waals surface area contributed by atoms with Crippen LogP contribution >= 0.6 is 0 Å². The first-order valence-electron chi connectivity index (χ1n) is 6.98. The van der Waals surface area contributed by atoms with Gasteiger partial charge in [0.25, 0.3) is 0 Å². The molecule has 96 valence electrons. The molecule has 0 amide bonds. The lowest BCUT2D eigenvalue weighted by atomic mass is 10.0. The first kappa shape index (κ1) is 14.0. The van der Waals surface area contributed by atoms with Crippen molar-refractivity contribution in [2.45, 2.75) is 59.5 Å². The van der Waals surface area contributed by atoms with Crippen molar-refractivity contribution in [1.29, 1.82) is 0 Å². The summed E-state index contributed by atoms with van der Waals surface area (Å²) in [6.07, 6.45) is 2.62. The molecular weight excluding hydrogens is 196 g/mol. The fourth-order valence-electron chi connectivity index (χ4n) is 2.34. The van der Waals surface area contributed by atoms with Gasteiger partial charge in [-0.05, 0) is 44.7 Å². The van der Waals surface area contributed by atoms with Gasteiger partial charge in [0.2, 0.25) is 0 Å². The van der Waals surface area contributed by atoms with E-state index >= 15 is 0 Å². The lowest BCUT2D eigenvalue weighted by Gasteiger charge is -2.31. The summed E-state index contributed by atoms with van der Waals surface area (Å²) in [4.78, 5) is 2.69. The first-order chi connectivity index (χ1) is 7.50. The van der Waals surface area contributed by atoms with E-state index in [0.29, 0.717) is 6.04 Å². The molecule has 1 fully saturated rings. The molecule has 2 atom stereocenters. The maximum Gasteiger partial charge on any atom is 0.0218 e. The van der Waals surface area contributed by atoms with Crippen LogP contribution in [-0.2, 0) is 0 Å². The average Bonchev–Trinajstić information content (AvgIpc) is 2.37. The number of hydrogen-bond acceptors (Lipinski definition) is 2. The Balaban J connectivity index is 2.49. The quantitative estimate of drug-likeness (QED) is 0.793. The van der Waals surface area contributed by atoms with Crippen LogP contribution in [0.15, 0.2) is 0 Å². The van der Waals surface area contributed by atoms with Gasteiger partial charge in [0.1, 0.15) is 0 Å². The second-order valence-corrected chi connectivity index (χ2v) is 6.12. The highest BCUT2D eigenvalue weighted by Gasteiger charge is 2.24. The Labute approximate surface area is 102 Å². The van der Waals surface area contributed by atoms with Gasteiger partial charge in [0.15, 0.2) is 0 Å². The zero-order chi connectivity index (χ0) is 12.1. The molecule has 1 aliphatic rings. The molecule has 0 radical (unpaired) electrons. The van der Waals surface area contributed by atoms with Crippen LogP contribution in [-0.4, -0.2) is 36.6 Å². The Morgan fingerprint density at radius 2 is 1.94 bits per heavy atom. The molecule has 0 aromatic rings. The minimum absolute atomic E-state index is 0.678. The van der Waals surface area contributed by atoms with Crippen molar-refractivity contribution >= 4 is 0 Å². The molecule has 2 nitrogen and oxygen atoms in total. The lowest BCUT2D eigenvalue weighted by molar-refractivity contribution is 0.183. The van der Waals surface area contributed by atoms with E-state index in [2.05, 4.69) is 44.8 Å². The molecule has 1 heterocycles. The Hall–Kier alpha value is -0.0800. The molecule has 0 aromatic carbocycles. The van der Waals surface area contributed by atoms with Crippen LogP contribution in [0.25, 0.3) is 0 Å². The normalized spacial score (nSPS) is 28.7. The zero-order valence-electron chi connectivity index (χ0n) is 11.8. The molecule has 1 N–H and O–H groups in total. The Morgan fingerprint density at radius 3 is 2.50 bits per heavy atom. The van der Waals surface area contributed by atoms with E-state index < -0.39 is 0 Å². The molecule has 2 unspecified atom stereocenters. The van der Waals surface area contributed by atoms with Gasteiger partial charge < -0.3 is 5.32 Å². The Morgan fingerprint density at radius 1 is 1.25 bits per heavy atom. The predicted molar refractivity (Wildman–Crippen MR) is 71.7 cm³/mol. The maximum absolute atomic E-state index is 3.69. The second-order valence-electron chi connectivity index (χ2n) is 6.12. The lowest BCUT2D eigenvalue weighted by Crippen LogP contribution is -2.43. The molecule has 0 bridgehead atoms. The van der Waals surface area contributed by atoms with Gasteiger partial charge in [-0.2, -0.15) is 0 Å². The summed E-state index contributed by atoms with van der Waals surface area (Å²) in [5.74, 6) is 1.56. The van der Waals surface area contributed by atoms with Crippen molar-refractivity contribution in [3.63, 3.8) is 0 Å². The third kappa shape index (κ3) is 4.42. The van der Waals surface area contributed by atoms with Gasteiger partial charge in [0, 0.05) is 18.6 Å². The minimum atomic E-state index is 0.678. The van der Waals surface area contributed by atoms with E-state index in [9.17, 15) is 0 Å². The molecule has 1 saturated heterocycles. The predicted octanol–water partition coefficient (Wildman–Crippen LogP) is 2.74. The monoisotopic (exact) mass is 226 g/mol. The standard InChI is InChI=1S/C14H30N2/c1-11(2)7-9-16-10-14(12(3)4)15-8-6-13(16)5/h11-15H,6-10H2,1-5H3. The van der Waals surface area contributed by atoms with Gasteiger partial charge in [-0.3, -0.25) is 4.90 Å². The molecule has 0 saturated carbocycles. The van der Waals surface area contributed by atoms with Crippen LogP contribution < -0.4 is 5.32 Å². The van der Waals surface area contributed by atoms with Crippen LogP contribution in [0.1, 0.15) is 47.5 Å². The van der Waals surface area contributed by atoms with Gasteiger partial charge in [-0.25, -0.2) is 0 Å². The summed E-state index contributed by atoms with van der Waals surface area (Å²) in [5, 5.41) is 3.69. The smallest absolute Gasteiger partial charge is 0.0218 e. The van der Waals surface area contributed by atoms with Gasteiger partial charge in [0.05, 0.1) is 0 Å². The molecule has 1 rings (SSSR count). The summed E-state index contributed by atoms with van der Waals surface area (Å²) < 4.78 is 0. The molecule has 1 aliphatic heterocycles. The Bertz CT molecular complexity index is 189.